The fraction of sp³-hybridized carbons (Fsp3) is 0.357. The summed E-state index contributed by atoms with van der Waals surface area (Å²) in [5.41, 5.74) is 5.77. The molecule has 2 heterocycles. The third kappa shape index (κ3) is 2.77. The molecule has 5 nitrogen and oxygen atoms in total. The lowest BCUT2D eigenvalue weighted by Crippen LogP contribution is -2.29. The number of rotatable bonds is 5. The molecule has 2 rings (SSSR count). The fourth-order valence-electron chi connectivity index (χ4n) is 2.20. The van der Waals surface area contributed by atoms with Crippen LogP contribution in [0, 0.1) is 13.8 Å². The number of methoxy groups -OCH3 is 1. The van der Waals surface area contributed by atoms with Crippen LogP contribution in [-0.2, 0) is 6.42 Å². The molecule has 0 aliphatic carbocycles. The van der Waals surface area contributed by atoms with E-state index in [0.29, 0.717) is 6.42 Å². The van der Waals surface area contributed by atoms with E-state index in [2.05, 4.69) is 10.4 Å². The molecule has 0 aliphatic heterocycles. The zero-order valence-corrected chi connectivity index (χ0v) is 11.4. The van der Waals surface area contributed by atoms with Crippen molar-refractivity contribution >= 4 is 0 Å². The maximum absolute atomic E-state index is 5.59. The highest BCUT2D eigenvalue weighted by atomic mass is 16.5. The normalized spacial score (nSPS) is 12.4. The Morgan fingerprint density at radius 1 is 1.47 bits per heavy atom. The van der Waals surface area contributed by atoms with Crippen LogP contribution in [-0.4, -0.2) is 12.1 Å². The van der Waals surface area contributed by atoms with Gasteiger partial charge in [-0.25, -0.2) is 5.43 Å². The van der Waals surface area contributed by atoms with Gasteiger partial charge in [-0.1, -0.05) is 0 Å². The second kappa shape index (κ2) is 5.86. The van der Waals surface area contributed by atoms with Gasteiger partial charge in [0.25, 0.3) is 0 Å². The Labute approximate surface area is 112 Å². The van der Waals surface area contributed by atoms with Crippen LogP contribution in [0.15, 0.2) is 29.0 Å². The molecular weight excluding hydrogens is 242 g/mol. The Morgan fingerprint density at radius 3 is 2.84 bits per heavy atom. The molecule has 0 amide bonds. The predicted octanol–water partition coefficient (Wildman–Crippen LogP) is 2.05. The molecule has 0 spiro atoms. The van der Waals surface area contributed by atoms with E-state index in [0.717, 1.165) is 28.3 Å². The molecular formula is C14H19N3O2. The van der Waals surface area contributed by atoms with E-state index in [4.69, 9.17) is 15.0 Å². The number of ether oxygens (including phenoxy) is 1. The summed E-state index contributed by atoms with van der Waals surface area (Å²) < 4.78 is 10.8. The lowest BCUT2D eigenvalue weighted by molar-refractivity contribution is 0.400. The third-order valence-corrected chi connectivity index (χ3v) is 3.24. The minimum absolute atomic E-state index is 0.103. The maximum Gasteiger partial charge on any atom is 0.128 e. The second-order valence-electron chi connectivity index (χ2n) is 4.48. The zero-order valence-electron chi connectivity index (χ0n) is 11.4. The van der Waals surface area contributed by atoms with Gasteiger partial charge in [0.15, 0.2) is 0 Å². The van der Waals surface area contributed by atoms with Crippen molar-refractivity contribution in [1.82, 2.24) is 10.4 Å². The molecule has 0 saturated carbocycles. The number of aromatic nitrogens is 1. The Morgan fingerprint density at radius 2 is 2.26 bits per heavy atom. The van der Waals surface area contributed by atoms with Gasteiger partial charge in [0.1, 0.15) is 11.5 Å². The van der Waals surface area contributed by atoms with Crippen LogP contribution in [0.25, 0.3) is 0 Å². The number of hydrogen-bond donors (Lipinski definition) is 2. The molecule has 0 bridgehead atoms. The molecule has 0 aliphatic rings. The van der Waals surface area contributed by atoms with E-state index >= 15 is 0 Å². The number of aryl methyl sites for hydroxylation is 1. The third-order valence-electron chi connectivity index (χ3n) is 3.24. The van der Waals surface area contributed by atoms with E-state index in [1.807, 2.05) is 32.2 Å². The van der Waals surface area contributed by atoms with Gasteiger partial charge in [0, 0.05) is 29.4 Å². The molecule has 0 saturated heterocycles. The topological polar surface area (TPSA) is 73.3 Å². The van der Waals surface area contributed by atoms with E-state index in [1.165, 1.54) is 0 Å². The number of hydrogen-bond acceptors (Lipinski definition) is 5. The Hall–Kier alpha value is -1.85. The largest absolute Gasteiger partial charge is 0.496 e. The Kier molecular flexibility index (Phi) is 4.19. The molecule has 1 unspecified atom stereocenters. The molecule has 19 heavy (non-hydrogen) atoms. The number of nitrogens with zero attached hydrogens (tertiary/aromatic N) is 1. The SMILES string of the molecule is COc1c(C)cnc(CC(NN)c2ccco2)c1C. The van der Waals surface area contributed by atoms with Crippen LogP contribution in [0.5, 0.6) is 5.75 Å². The molecule has 102 valence electrons. The fourth-order valence-corrected chi connectivity index (χ4v) is 2.20. The summed E-state index contributed by atoms with van der Waals surface area (Å²) in [7, 11) is 1.67. The summed E-state index contributed by atoms with van der Waals surface area (Å²) in [5, 5.41) is 0. The zero-order chi connectivity index (χ0) is 13.8. The monoisotopic (exact) mass is 261 g/mol. The number of furan rings is 1. The molecule has 2 aromatic rings. The van der Waals surface area contributed by atoms with Gasteiger partial charge in [0.05, 0.1) is 19.4 Å². The van der Waals surface area contributed by atoms with Gasteiger partial charge < -0.3 is 9.15 Å². The van der Waals surface area contributed by atoms with Gasteiger partial charge >= 0.3 is 0 Å². The first-order chi connectivity index (χ1) is 9.17. The van der Waals surface area contributed by atoms with Crippen LogP contribution >= 0.6 is 0 Å². The van der Waals surface area contributed by atoms with Crippen molar-refractivity contribution in [2.75, 3.05) is 7.11 Å². The standard InChI is InChI=1S/C14H19N3O2/c1-9-8-16-11(10(2)14(9)18-3)7-12(17-15)13-5-4-6-19-13/h4-6,8,12,17H,7,15H2,1-3H3. The summed E-state index contributed by atoms with van der Waals surface area (Å²) in [6.45, 7) is 3.98. The molecule has 2 aromatic heterocycles. The van der Waals surface area contributed by atoms with Gasteiger partial charge in [-0.2, -0.15) is 0 Å². The molecule has 1 atom stereocenters. The van der Waals surface area contributed by atoms with E-state index in [1.54, 1.807) is 13.4 Å². The Balaban J connectivity index is 2.28. The summed E-state index contributed by atoms with van der Waals surface area (Å²) >= 11 is 0. The first-order valence-electron chi connectivity index (χ1n) is 6.16. The maximum atomic E-state index is 5.59. The van der Waals surface area contributed by atoms with Gasteiger partial charge in [0.2, 0.25) is 0 Å². The minimum Gasteiger partial charge on any atom is -0.496 e. The van der Waals surface area contributed by atoms with Crippen molar-refractivity contribution in [3.63, 3.8) is 0 Å². The number of hydrazine groups is 1. The van der Waals surface area contributed by atoms with Crippen molar-refractivity contribution < 1.29 is 9.15 Å². The summed E-state index contributed by atoms with van der Waals surface area (Å²) in [6, 6.07) is 3.63. The van der Waals surface area contributed by atoms with Crippen LogP contribution in [0.4, 0.5) is 0 Å². The average Bonchev–Trinajstić information content (AvgIpc) is 2.92. The molecule has 0 fully saturated rings. The predicted molar refractivity (Wildman–Crippen MR) is 72.7 cm³/mol. The van der Waals surface area contributed by atoms with Crippen molar-refractivity contribution in [2.45, 2.75) is 26.3 Å². The number of nitrogens with one attached hydrogen (secondary N) is 1. The average molecular weight is 261 g/mol. The smallest absolute Gasteiger partial charge is 0.128 e. The molecule has 0 aromatic carbocycles. The second-order valence-corrected chi connectivity index (χ2v) is 4.48. The highest BCUT2D eigenvalue weighted by Crippen LogP contribution is 2.27. The van der Waals surface area contributed by atoms with Crippen LogP contribution in [0.3, 0.4) is 0 Å². The number of nitrogens with two attached hydrogens (primary N) is 1. The summed E-state index contributed by atoms with van der Waals surface area (Å²) in [5.74, 6) is 7.26. The van der Waals surface area contributed by atoms with Gasteiger partial charge in [-0.3, -0.25) is 10.8 Å². The van der Waals surface area contributed by atoms with Gasteiger partial charge in [-0.05, 0) is 26.0 Å². The van der Waals surface area contributed by atoms with Crippen molar-refractivity contribution in [2.24, 2.45) is 5.84 Å². The summed E-state index contributed by atoms with van der Waals surface area (Å²) in [6.07, 6.45) is 4.10. The highest BCUT2D eigenvalue weighted by molar-refractivity contribution is 5.41. The summed E-state index contributed by atoms with van der Waals surface area (Å²) in [4.78, 5) is 4.47. The van der Waals surface area contributed by atoms with Crippen LogP contribution in [0.2, 0.25) is 0 Å². The van der Waals surface area contributed by atoms with Crippen molar-refractivity contribution in [3.8, 4) is 5.75 Å². The van der Waals surface area contributed by atoms with Crippen molar-refractivity contribution in [3.05, 3.63) is 47.2 Å². The number of pyridine rings is 1. The quantitative estimate of drug-likeness (QED) is 0.636. The molecule has 5 heteroatoms. The molecule has 3 N–H and O–H groups in total. The Bertz CT molecular complexity index is 538. The van der Waals surface area contributed by atoms with Crippen LogP contribution < -0.4 is 16.0 Å². The molecule has 0 radical (unpaired) electrons. The lowest BCUT2D eigenvalue weighted by atomic mass is 10.0. The van der Waals surface area contributed by atoms with E-state index < -0.39 is 0 Å². The lowest BCUT2D eigenvalue weighted by Gasteiger charge is -2.16. The highest BCUT2D eigenvalue weighted by Gasteiger charge is 2.17. The van der Waals surface area contributed by atoms with E-state index in [9.17, 15) is 0 Å². The first kappa shape index (κ1) is 13.6. The van der Waals surface area contributed by atoms with E-state index in [-0.39, 0.29) is 6.04 Å². The van der Waals surface area contributed by atoms with Crippen LogP contribution in [0.1, 0.15) is 28.6 Å². The first-order valence-corrected chi connectivity index (χ1v) is 6.16. The van der Waals surface area contributed by atoms with Crippen molar-refractivity contribution in [1.29, 1.82) is 0 Å². The minimum atomic E-state index is -0.103. The van der Waals surface area contributed by atoms with Gasteiger partial charge in [-0.15, -0.1) is 0 Å².